The largest absolute Gasteiger partial charge is 0.493 e. The number of carbonyl (C=O) groups excluding carboxylic acids is 1. The fourth-order valence-corrected chi connectivity index (χ4v) is 1.60. The van der Waals surface area contributed by atoms with Crippen LogP contribution in [-0.4, -0.2) is 39.1 Å². The quantitative estimate of drug-likeness (QED) is 0.430. The van der Waals surface area contributed by atoms with Gasteiger partial charge in [0.1, 0.15) is 6.33 Å². The molecule has 0 aliphatic carbocycles. The monoisotopic (exact) mass is 252 g/mol. The van der Waals surface area contributed by atoms with Crippen LogP contribution in [0.4, 0.5) is 4.39 Å². The van der Waals surface area contributed by atoms with Gasteiger partial charge in [-0.1, -0.05) is 6.07 Å². The van der Waals surface area contributed by atoms with Crippen LogP contribution < -0.4 is 5.46 Å². The Labute approximate surface area is 102 Å². The number of esters is 1. The molecule has 2 rings (SSSR count). The maximum atomic E-state index is 13.8. The predicted octanol–water partition coefficient (Wildman–Crippen LogP) is -0.670. The first-order valence-electron chi connectivity index (χ1n) is 5.25. The van der Waals surface area contributed by atoms with Crippen molar-refractivity contribution in [2.45, 2.75) is 6.92 Å². The first kappa shape index (κ1) is 12.5. The molecule has 0 saturated carbocycles. The standard InChI is InChI=1S/C10H10BFN2O4/c1-2-18-10(15)8-7-4-3-6(11(16)17)9(12)14(7)5-13-8/h3-5,16-17H,2H2,1H3. The lowest BCUT2D eigenvalue weighted by Gasteiger charge is -2.04. The summed E-state index contributed by atoms with van der Waals surface area (Å²) in [6.07, 6.45) is 1.09. The highest BCUT2D eigenvalue weighted by atomic mass is 19.1. The Morgan fingerprint density at radius 2 is 2.28 bits per heavy atom. The molecule has 0 atom stereocenters. The van der Waals surface area contributed by atoms with Crippen molar-refractivity contribution in [3.8, 4) is 0 Å². The minimum Gasteiger partial charge on any atom is -0.461 e. The van der Waals surface area contributed by atoms with Crippen molar-refractivity contribution >= 4 is 24.1 Å². The van der Waals surface area contributed by atoms with Gasteiger partial charge in [-0.2, -0.15) is 4.39 Å². The van der Waals surface area contributed by atoms with E-state index in [1.165, 1.54) is 12.1 Å². The summed E-state index contributed by atoms with van der Waals surface area (Å²) in [5, 5.41) is 17.9. The molecule has 0 bridgehead atoms. The van der Waals surface area contributed by atoms with Gasteiger partial charge >= 0.3 is 13.1 Å². The third-order valence-corrected chi connectivity index (χ3v) is 2.42. The topological polar surface area (TPSA) is 84.1 Å². The molecule has 0 aromatic carbocycles. The molecule has 0 spiro atoms. The maximum Gasteiger partial charge on any atom is 0.493 e. The lowest BCUT2D eigenvalue weighted by atomic mass is 9.81. The Hall–Kier alpha value is -1.93. The molecule has 0 fully saturated rings. The third-order valence-electron chi connectivity index (χ3n) is 2.42. The van der Waals surface area contributed by atoms with E-state index in [4.69, 9.17) is 14.8 Å². The van der Waals surface area contributed by atoms with Crippen LogP contribution in [0, 0.1) is 5.95 Å². The first-order valence-corrected chi connectivity index (χ1v) is 5.25. The molecule has 94 valence electrons. The Bertz CT molecular complexity index is 599. The zero-order valence-corrected chi connectivity index (χ0v) is 9.50. The van der Waals surface area contributed by atoms with E-state index in [1.54, 1.807) is 6.92 Å². The number of carbonyl (C=O) groups is 1. The van der Waals surface area contributed by atoms with Crippen LogP contribution in [0.15, 0.2) is 18.5 Å². The van der Waals surface area contributed by atoms with Crippen LogP contribution in [0.5, 0.6) is 0 Å². The summed E-state index contributed by atoms with van der Waals surface area (Å²) in [5.41, 5.74) is -0.111. The van der Waals surface area contributed by atoms with Gasteiger partial charge in [0.15, 0.2) is 11.6 Å². The molecule has 2 aromatic heterocycles. The van der Waals surface area contributed by atoms with Gasteiger partial charge in [0, 0.05) is 5.46 Å². The van der Waals surface area contributed by atoms with Crippen molar-refractivity contribution in [2.24, 2.45) is 0 Å². The number of rotatable bonds is 3. The molecule has 0 aliphatic rings. The summed E-state index contributed by atoms with van der Waals surface area (Å²) in [5.74, 6) is -1.54. The fraction of sp³-hybridized carbons (Fsp3) is 0.200. The van der Waals surface area contributed by atoms with E-state index in [2.05, 4.69) is 4.98 Å². The van der Waals surface area contributed by atoms with Crippen molar-refractivity contribution in [3.05, 3.63) is 30.1 Å². The van der Waals surface area contributed by atoms with E-state index >= 15 is 0 Å². The van der Waals surface area contributed by atoms with E-state index in [-0.39, 0.29) is 23.3 Å². The maximum absolute atomic E-state index is 13.8. The summed E-state index contributed by atoms with van der Waals surface area (Å²) in [6.45, 7) is 1.84. The summed E-state index contributed by atoms with van der Waals surface area (Å²) in [6, 6.07) is 2.55. The number of nitrogens with zero attached hydrogens (tertiary/aromatic N) is 2. The van der Waals surface area contributed by atoms with Gasteiger partial charge in [-0.05, 0) is 13.0 Å². The molecule has 2 N–H and O–H groups in total. The molecule has 6 nitrogen and oxygen atoms in total. The molecule has 0 saturated heterocycles. The number of halogens is 1. The number of pyridine rings is 1. The van der Waals surface area contributed by atoms with E-state index in [0.717, 1.165) is 10.7 Å². The molecular weight excluding hydrogens is 242 g/mol. The highest BCUT2D eigenvalue weighted by Gasteiger charge is 2.22. The second-order valence-electron chi connectivity index (χ2n) is 3.52. The SMILES string of the molecule is CCOC(=O)c1ncn2c(F)c(B(O)O)ccc12. The number of hydrogen-bond acceptors (Lipinski definition) is 5. The second-order valence-corrected chi connectivity index (χ2v) is 3.52. The predicted molar refractivity (Wildman–Crippen MR) is 60.9 cm³/mol. The van der Waals surface area contributed by atoms with Crippen LogP contribution in [0.1, 0.15) is 17.4 Å². The normalized spacial score (nSPS) is 10.7. The van der Waals surface area contributed by atoms with E-state index in [9.17, 15) is 9.18 Å². The minimum absolute atomic E-state index is 0.0188. The highest BCUT2D eigenvalue weighted by Crippen LogP contribution is 2.12. The Kier molecular flexibility index (Phi) is 3.31. The van der Waals surface area contributed by atoms with Gasteiger partial charge < -0.3 is 14.8 Å². The van der Waals surface area contributed by atoms with E-state index in [0.29, 0.717) is 0 Å². The van der Waals surface area contributed by atoms with Crippen molar-refractivity contribution in [1.82, 2.24) is 9.38 Å². The number of hydrogen-bond donors (Lipinski definition) is 2. The summed E-state index contributed by atoms with van der Waals surface area (Å²) >= 11 is 0. The average molecular weight is 252 g/mol. The highest BCUT2D eigenvalue weighted by molar-refractivity contribution is 6.58. The van der Waals surface area contributed by atoms with Crippen molar-refractivity contribution in [1.29, 1.82) is 0 Å². The van der Waals surface area contributed by atoms with Crippen LogP contribution in [0.3, 0.4) is 0 Å². The Morgan fingerprint density at radius 3 is 2.89 bits per heavy atom. The van der Waals surface area contributed by atoms with E-state index < -0.39 is 19.0 Å². The Balaban J connectivity index is 2.56. The molecule has 2 aromatic rings. The van der Waals surface area contributed by atoms with Gasteiger partial charge in [-0.15, -0.1) is 0 Å². The second kappa shape index (κ2) is 4.75. The lowest BCUT2D eigenvalue weighted by Crippen LogP contribution is -2.34. The number of aromatic nitrogens is 2. The lowest BCUT2D eigenvalue weighted by molar-refractivity contribution is 0.0522. The van der Waals surface area contributed by atoms with E-state index in [1.807, 2.05) is 0 Å². The molecule has 2 heterocycles. The summed E-state index contributed by atoms with van der Waals surface area (Å²) in [4.78, 5) is 15.3. The smallest absolute Gasteiger partial charge is 0.461 e. The number of imidazole rings is 1. The molecule has 8 heteroatoms. The van der Waals surface area contributed by atoms with Crippen LogP contribution in [-0.2, 0) is 4.74 Å². The molecule has 18 heavy (non-hydrogen) atoms. The number of fused-ring (bicyclic) bond motifs is 1. The van der Waals surface area contributed by atoms with Crippen molar-refractivity contribution in [3.63, 3.8) is 0 Å². The molecule has 0 unspecified atom stereocenters. The minimum atomic E-state index is -1.93. The van der Waals surface area contributed by atoms with Crippen LogP contribution >= 0.6 is 0 Å². The van der Waals surface area contributed by atoms with Gasteiger partial charge in [-0.3, -0.25) is 4.40 Å². The zero-order valence-electron chi connectivity index (χ0n) is 9.50. The van der Waals surface area contributed by atoms with Gasteiger partial charge in [0.25, 0.3) is 0 Å². The van der Waals surface area contributed by atoms with Crippen molar-refractivity contribution < 1.29 is 24.0 Å². The Morgan fingerprint density at radius 1 is 1.56 bits per heavy atom. The van der Waals surface area contributed by atoms with Gasteiger partial charge in [0.05, 0.1) is 12.1 Å². The number of ether oxygens (including phenoxy) is 1. The summed E-state index contributed by atoms with van der Waals surface area (Å²) in [7, 11) is -1.93. The molecule has 0 radical (unpaired) electrons. The van der Waals surface area contributed by atoms with Crippen molar-refractivity contribution in [2.75, 3.05) is 6.61 Å². The van der Waals surface area contributed by atoms with Gasteiger partial charge in [-0.25, -0.2) is 9.78 Å². The first-order chi connectivity index (χ1) is 8.56. The zero-order chi connectivity index (χ0) is 13.3. The average Bonchev–Trinajstić information content (AvgIpc) is 2.74. The molecule has 0 aliphatic heterocycles. The summed E-state index contributed by atoms with van der Waals surface area (Å²) < 4.78 is 19.6. The van der Waals surface area contributed by atoms with Gasteiger partial charge in [0.2, 0.25) is 0 Å². The third kappa shape index (κ3) is 1.96. The molecule has 0 amide bonds. The van der Waals surface area contributed by atoms with Crippen LogP contribution in [0.25, 0.3) is 5.52 Å². The van der Waals surface area contributed by atoms with Crippen LogP contribution in [0.2, 0.25) is 0 Å². The fourth-order valence-electron chi connectivity index (χ4n) is 1.60. The molecular formula is C10H10BFN2O4.